The van der Waals surface area contributed by atoms with E-state index in [1.807, 2.05) is 50.4 Å². The van der Waals surface area contributed by atoms with E-state index in [1.54, 1.807) is 4.68 Å². The summed E-state index contributed by atoms with van der Waals surface area (Å²) >= 11 is 0. The molecule has 0 amide bonds. The minimum atomic E-state index is -3.16. The van der Waals surface area contributed by atoms with E-state index >= 15 is 0 Å². The molecule has 2 heterocycles. The second kappa shape index (κ2) is 6.90. The summed E-state index contributed by atoms with van der Waals surface area (Å²) in [6, 6.07) is 9.56. The van der Waals surface area contributed by atoms with Gasteiger partial charge in [-0.1, -0.05) is 37.3 Å². The monoisotopic (exact) mass is 350 g/mol. The summed E-state index contributed by atoms with van der Waals surface area (Å²) in [7, 11) is -3.16. The third-order valence-corrected chi connectivity index (χ3v) is 6.00. The van der Waals surface area contributed by atoms with Crippen molar-refractivity contribution in [3.05, 3.63) is 42.2 Å². The highest BCUT2D eigenvalue weighted by atomic mass is 32.2. The van der Waals surface area contributed by atoms with Crippen molar-refractivity contribution in [2.45, 2.75) is 26.5 Å². The van der Waals surface area contributed by atoms with Crippen LogP contribution in [-0.4, -0.2) is 46.6 Å². The Bertz CT molecular complexity index is 768. The van der Waals surface area contributed by atoms with Gasteiger partial charge >= 0.3 is 0 Å². The minimum Gasteiger partial charge on any atom is -0.487 e. The van der Waals surface area contributed by atoms with Gasteiger partial charge in [0.15, 0.2) is 0 Å². The molecule has 1 aromatic heterocycles. The number of para-hydroxylation sites is 1. The normalized spacial score (nSPS) is 16.3. The van der Waals surface area contributed by atoms with Crippen LogP contribution in [-0.2, 0) is 16.6 Å². The number of nitrogens with zero attached hydrogens (tertiary/aromatic N) is 4. The van der Waals surface area contributed by atoms with Crippen molar-refractivity contribution in [2.24, 2.45) is 5.92 Å². The van der Waals surface area contributed by atoms with Gasteiger partial charge < -0.3 is 4.74 Å². The molecule has 0 aliphatic carbocycles. The Labute approximate surface area is 142 Å². The largest absolute Gasteiger partial charge is 0.487 e. The third-order valence-electron chi connectivity index (χ3n) is 3.83. The van der Waals surface area contributed by atoms with Crippen LogP contribution in [0.2, 0.25) is 0 Å². The maximum absolute atomic E-state index is 12.1. The molecule has 1 fully saturated rings. The third kappa shape index (κ3) is 3.93. The molecule has 1 aliphatic rings. The molecule has 3 rings (SSSR count). The minimum absolute atomic E-state index is 0.0462. The van der Waals surface area contributed by atoms with Gasteiger partial charge in [0.05, 0.1) is 18.0 Å². The smallest absolute Gasteiger partial charge is 0.214 e. The van der Waals surface area contributed by atoms with Crippen LogP contribution in [0.1, 0.15) is 25.6 Å². The van der Waals surface area contributed by atoms with Gasteiger partial charge in [-0.2, -0.15) is 4.31 Å². The molecule has 1 saturated heterocycles. The first-order valence-corrected chi connectivity index (χ1v) is 9.61. The Morgan fingerprint density at radius 1 is 1.25 bits per heavy atom. The van der Waals surface area contributed by atoms with E-state index < -0.39 is 10.0 Å². The van der Waals surface area contributed by atoms with Crippen molar-refractivity contribution in [2.75, 3.05) is 18.8 Å². The molecule has 24 heavy (non-hydrogen) atoms. The molecule has 2 aromatic rings. The average Bonchev–Trinajstić information content (AvgIpc) is 2.91. The van der Waals surface area contributed by atoms with Crippen molar-refractivity contribution in [1.82, 2.24) is 19.3 Å². The van der Waals surface area contributed by atoms with Crippen molar-refractivity contribution in [3.63, 3.8) is 0 Å². The zero-order valence-electron chi connectivity index (χ0n) is 13.9. The molecule has 1 aliphatic heterocycles. The van der Waals surface area contributed by atoms with Gasteiger partial charge in [-0.3, -0.25) is 0 Å². The molecule has 0 spiro atoms. The van der Waals surface area contributed by atoms with Crippen LogP contribution in [0.15, 0.2) is 36.5 Å². The fourth-order valence-electron chi connectivity index (χ4n) is 2.57. The van der Waals surface area contributed by atoms with Crippen LogP contribution in [0.4, 0.5) is 0 Å². The zero-order valence-corrected chi connectivity index (χ0v) is 14.7. The second-order valence-electron chi connectivity index (χ2n) is 6.43. The van der Waals surface area contributed by atoms with Crippen LogP contribution in [0.5, 0.6) is 5.75 Å². The Kier molecular flexibility index (Phi) is 4.86. The first-order chi connectivity index (χ1) is 11.4. The van der Waals surface area contributed by atoms with Gasteiger partial charge in [0, 0.05) is 13.1 Å². The maximum Gasteiger partial charge on any atom is 0.214 e. The number of rotatable bonds is 7. The number of hydrogen-bond donors (Lipinski definition) is 0. The second-order valence-corrected chi connectivity index (χ2v) is 8.45. The van der Waals surface area contributed by atoms with Crippen LogP contribution >= 0.6 is 0 Å². The first kappa shape index (κ1) is 16.9. The number of benzene rings is 1. The lowest BCUT2D eigenvalue weighted by Gasteiger charge is -2.38. The van der Waals surface area contributed by atoms with Gasteiger partial charge in [0.25, 0.3) is 0 Å². The standard InChI is InChI=1S/C16H22N4O3S/c1-13(2)12-24(21,22)19-9-15(10-19)20-8-14(17-18-20)11-23-16-6-4-3-5-7-16/h3-8,13,15H,9-12H2,1-2H3. The van der Waals surface area contributed by atoms with Gasteiger partial charge in [-0.15, -0.1) is 5.10 Å². The summed E-state index contributed by atoms with van der Waals surface area (Å²) in [5, 5.41) is 8.18. The molecule has 0 atom stereocenters. The molecular weight excluding hydrogens is 328 g/mol. The average molecular weight is 350 g/mol. The van der Waals surface area contributed by atoms with E-state index in [1.165, 1.54) is 4.31 Å². The summed E-state index contributed by atoms with van der Waals surface area (Å²) in [6.45, 7) is 5.07. The summed E-state index contributed by atoms with van der Waals surface area (Å²) in [5.41, 5.74) is 0.724. The van der Waals surface area contributed by atoms with Crippen LogP contribution in [0, 0.1) is 5.92 Å². The fraction of sp³-hybridized carbons (Fsp3) is 0.500. The van der Waals surface area contributed by atoms with E-state index in [9.17, 15) is 8.42 Å². The molecule has 8 heteroatoms. The molecule has 0 unspecified atom stereocenters. The van der Waals surface area contributed by atoms with Crippen molar-refractivity contribution < 1.29 is 13.2 Å². The van der Waals surface area contributed by atoms with Crippen molar-refractivity contribution in [1.29, 1.82) is 0 Å². The topological polar surface area (TPSA) is 77.3 Å². The molecule has 0 bridgehead atoms. The highest BCUT2D eigenvalue weighted by molar-refractivity contribution is 7.89. The molecule has 7 nitrogen and oxygen atoms in total. The summed E-state index contributed by atoms with van der Waals surface area (Å²) in [6.07, 6.45) is 1.82. The van der Waals surface area contributed by atoms with Gasteiger partial charge in [0.1, 0.15) is 18.1 Å². The van der Waals surface area contributed by atoms with E-state index in [-0.39, 0.29) is 17.7 Å². The number of sulfonamides is 1. The van der Waals surface area contributed by atoms with E-state index in [4.69, 9.17) is 4.74 Å². The lowest BCUT2D eigenvalue weighted by Crippen LogP contribution is -2.51. The quantitative estimate of drug-likeness (QED) is 0.759. The van der Waals surface area contributed by atoms with Gasteiger partial charge in [-0.25, -0.2) is 13.1 Å². The predicted octanol–water partition coefficient (Wildman–Crippen LogP) is 1.70. The molecule has 1 aromatic carbocycles. The lowest BCUT2D eigenvalue weighted by molar-refractivity contribution is 0.188. The Hall–Kier alpha value is -1.93. The van der Waals surface area contributed by atoms with Crippen LogP contribution < -0.4 is 4.74 Å². The summed E-state index contributed by atoms with van der Waals surface area (Å²) in [5.74, 6) is 1.09. The van der Waals surface area contributed by atoms with Crippen LogP contribution in [0.25, 0.3) is 0 Å². The van der Waals surface area contributed by atoms with Crippen molar-refractivity contribution >= 4 is 10.0 Å². The summed E-state index contributed by atoms with van der Waals surface area (Å²) < 4.78 is 33.1. The highest BCUT2D eigenvalue weighted by Gasteiger charge is 2.37. The van der Waals surface area contributed by atoms with E-state index in [2.05, 4.69) is 10.3 Å². The molecule has 130 valence electrons. The fourth-order valence-corrected chi connectivity index (χ4v) is 4.42. The van der Waals surface area contributed by atoms with Crippen LogP contribution in [0.3, 0.4) is 0 Å². The van der Waals surface area contributed by atoms with E-state index in [0.29, 0.717) is 19.7 Å². The number of hydrogen-bond acceptors (Lipinski definition) is 5. The van der Waals surface area contributed by atoms with Gasteiger partial charge in [-0.05, 0) is 18.1 Å². The Morgan fingerprint density at radius 2 is 1.96 bits per heavy atom. The highest BCUT2D eigenvalue weighted by Crippen LogP contribution is 2.25. The summed E-state index contributed by atoms with van der Waals surface area (Å²) in [4.78, 5) is 0. The van der Waals surface area contributed by atoms with Gasteiger partial charge in [0.2, 0.25) is 10.0 Å². The van der Waals surface area contributed by atoms with Crippen molar-refractivity contribution in [3.8, 4) is 5.75 Å². The SMILES string of the molecule is CC(C)CS(=O)(=O)N1CC(n2cc(COc3ccccc3)nn2)C1. The molecule has 0 saturated carbocycles. The zero-order chi connectivity index (χ0) is 17.2. The molecule has 0 N–H and O–H groups in total. The first-order valence-electron chi connectivity index (χ1n) is 8.00. The number of aromatic nitrogens is 3. The molecule has 0 radical (unpaired) electrons. The Balaban J connectivity index is 1.52. The lowest BCUT2D eigenvalue weighted by atomic mass is 10.2. The van der Waals surface area contributed by atoms with E-state index in [0.717, 1.165) is 11.4 Å². The maximum atomic E-state index is 12.1. The number of ether oxygens (including phenoxy) is 1. The molecular formula is C16H22N4O3S. The Morgan fingerprint density at radius 3 is 2.62 bits per heavy atom. The predicted molar refractivity (Wildman–Crippen MR) is 90.0 cm³/mol.